The van der Waals surface area contributed by atoms with Crippen LogP contribution >= 0.6 is 0 Å². The van der Waals surface area contributed by atoms with Crippen LogP contribution in [-0.2, 0) is 9.59 Å². The van der Waals surface area contributed by atoms with Gasteiger partial charge in [0.2, 0.25) is 11.8 Å². The quantitative estimate of drug-likeness (QED) is 0.393. The number of aromatic nitrogens is 1. The lowest BCUT2D eigenvalue weighted by Gasteiger charge is -2.32. The van der Waals surface area contributed by atoms with Gasteiger partial charge in [0.05, 0.1) is 11.8 Å². The molecule has 0 aromatic carbocycles. The van der Waals surface area contributed by atoms with E-state index in [0.29, 0.717) is 0 Å². The summed E-state index contributed by atoms with van der Waals surface area (Å²) in [7, 11) is 0. The maximum atomic E-state index is 12.0. The van der Waals surface area contributed by atoms with E-state index in [0.717, 1.165) is 10.0 Å². The molecule has 0 saturated heterocycles. The molecule has 0 aliphatic carbocycles. The normalized spacial score (nSPS) is 10.2. The molecule has 130 valence electrons. The number of hydrogen-bond acceptors (Lipinski definition) is 7. The Kier molecular flexibility index (Phi) is 4.92. The van der Waals surface area contributed by atoms with Gasteiger partial charge in [-0.1, -0.05) is 0 Å². The zero-order chi connectivity index (χ0) is 18.7. The zero-order valence-electron chi connectivity index (χ0n) is 13.7. The van der Waals surface area contributed by atoms with E-state index in [-0.39, 0.29) is 23.0 Å². The highest BCUT2D eigenvalue weighted by molar-refractivity contribution is 6.04. The smallest absolute Gasteiger partial charge is 0.399 e. The fourth-order valence-electron chi connectivity index (χ4n) is 2.21. The lowest BCUT2D eigenvalue weighted by molar-refractivity contribution is -0.401. The van der Waals surface area contributed by atoms with Gasteiger partial charge in [0.25, 0.3) is 0 Å². The van der Waals surface area contributed by atoms with E-state index in [9.17, 15) is 19.7 Å². The third-order valence-corrected chi connectivity index (χ3v) is 3.13. The molecule has 0 atom stereocenters. The molecule has 0 unspecified atom stereocenters. The van der Waals surface area contributed by atoms with Crippen LogP contribution in [0.1, 0.15) is 20.8 Å². The number of furan rings is 1. The number of nitrogens with zero attached hydrogens (tertiary/aromatic N) is 4. The summed E-state index contributed by atoms with van der Waals surface area (Å²) in [5.41, 5.74) is 0.501. The summed E-state index contributed by atoms with van der Waals surface area (Å²) in [4.78, 5) is 38.0. The molecular weight excluding hydrogens is 330 g/mol. The Bertz CT molecular complexity index is 846. The van der Waals surface area contributed by atoms with Crippen molar-refractivity contribution in [2.75, 3.05) is 5.01 Å². The highest BCUT2D eigenvalue weighted by Crippen LogP contribution is 2.28. The van der Waals surface area contributed by atoms with Gasteiger partial charge in [-0.25, -0.2) is 10.0 Å². The van der Waals surface area contributed by atoms with Crippen LogP contribution in [0.4, 0.5) is 11.6 Å². The van der Waals surface area contributed by atoms with Crippen molar-refractivity contribution in [3.63, 3.8) is 0 Å². The summed E-state index contributed by atoms with van der Waals surface area (Å²) in [5, 5.41) is 20.4. The van der Waals surface area contributed by atoms with E-state index in [1.54, 1.807) is 0 Å². The third kappa shape index (κ3) is 3.68. The summed E-state index contributed by atoms with van der Waals surface area (Å²) in [6, 6.07) is 5.48. The van der Waals surface area contributed by atoms with E-state index in [4.69, 9.17) is 9.83 Å². The predicted octanol–water partition coefficient (Wildman–Crippen LogP) is 2.36. The fourth-order valence-corrected chi connectivity index (χ4v) is 2.21. The second-order valence-corrected chi connectivity index (χ2v) is 5.04. The van der Waals surface area contributed by atoms with Crippen LogP contribution in [0.15, 0.2) is 34.9 Å². The maximum absolute atomic E-state index is 12.0. The Morgan fingerprint density at radius 1 is 1.20 bits per heavy atom. The first-order chi connectivity index (χ1) is 11.7. The first kappa shape index (κ1) is 17.8. The minimum atomic E-state index is -0.675. The first-order valence-electron chi connectivity index (χ1n) is 7.09. The zero-order valence-corrected chi connectivity index (χ0v) is 13.7. The lowest BCUT2D eigenvalue weighted by Crippen LogP contribution is -2.50. The van der Waals surface area contributed by atoms with Gasteiger partial charge in [-0.3, -0.25) is 30.1 Å². The van der Waals surface area contributed by atoms with Crippen LogP contribution in [0.5, 0.6) is 0 Å². The second kappa shape index (κ2) is 6.91. The molecule has 2 aromatic rings. The summed E-state index contributed by atoms with van der Waals surface area (Å²) in [5.74, 6) is -1.46. The number of amides is 2. The van der Waals surface area contributed by atoms with E-state index >= 15 is 0 Å². The molecule has 0 spiro atoms. The fraction of sp³-hybridized carbons (Fsp3) is 0.200. The van der Waals surface area contributed by atoms with Crippen molar-refractivity contribution in [2.24, 2.45) is 0 Å². The molecule has 25 heavy (non-hydrogen) atoms. The van der Waals surface area contributed by atoms with Crippen molar-refractivity contribution in [1.82, 2.24) is 9.99 Å². The Balaban J connectivity index is 2.50. The molecule has 0 fully saturated rings. The molecule has 0 aliphatic rings. The van der Waals surface area contributed by atoms with E-state index < -0.39 is 22.6 Å². The molecule has 0 saturated carbocycles. The molecule has 0 radical (unpaired) electrons. The van der Waals surface area contributed by atoms with Gasteiger partial charge in [0, 0.05) is 20.0 Å². The first-order valence-corrected chi connectivity index (χ1v) is 7.09. The molecule has 2 heterocycles. The highest BCUT2D eigenvalue weighted by atomic mass is 16.6. The molecule has 2 rings (SSSR count). The van der Waals surface area contributed by atoms with Crippen LogP contribution in [0, 0.1) is 15.5 Å². The number of pyridine rings is 1. The minimum absolute atomic E-state index is 0.137. The van der Waals surface area contributed by atoms with Gasteiger partial charge in [-0.05, 0) is 25.1 Å². The Morgan fingerprint density at radius 3 is 2.36 bits per heavy atom. The molecule has 0 aliphatic heterocycles. The molecule has 2 amide bonds. The Morgan fingerprint density at radius 2 is 1.88 bits per heavy atom. The predicted molar refractivity (Wildman–Crippen MR) is 87.7 cm³/mol. The molecule has 0 bridgehead atoms. The monoisotopic (exact) mass is 345 g/mol. The number of nitrogens with one attached hydrogen (secondary N) is 1. The lowest BCUT2D eigenvalue weighted by atomic mass is 10.2. The molecule has 1 N–H and O–H groups in total. The number of hydrazine groups is 1. The average molecular weight is 345 g/mol. The van der Waals surface area contributed by atoms with Crippen LogP contribution in [0.25, 0.3) is 11.5 Å². The van der Waals surface area contributed by atoms with Crippen molar-refractivity contribution in [1.29, 1.82) is 5.41 Å². The number of carbonyl (C=O) groups is 2. The van der Waals surface area contributed by atoms with Gasteiger partial charge < -0.3 is 4.42 Å². The van der Waals surface area contributed by atoms with Gasteiger partial charge >= 0.3 is 5.88 Å². The molecule has 10 heteroatoms. The largest absolute Gasteiger partial charge is 0.433 e. The van der Waals surface area contributed by atoms with Crippen LogP contribution in [-0.4, -0.2) is 32.6 Å². The third-order valence-electron chi connectivity index (χ3n) is 3.13. The maximum Gasteiger partial charge on any atom is 0.433 e. The summed E-state index contributed by atoms with van der Waals surface area (Å²) < 4.78 is 5.09. The molecule has 10 nitrogen and oxygen atoms in total. The number of nitro groups is 1. The number of amidine groups is 1. The van der Waals surface area contributed by atoms with Crippen molar-refractivity contribution >= 4 is 29.2 Å². The number of hydrogen-bond donors (Lipinski definition) is 1. The van der Waals surface area contributed by atoms with Gasteiger partial charge in [-0.2, -0.15) is 0 Å². The average Bonchev–Trinajstić information content (AvgIpc) is 3.01. The highest BCUT2D eigenvalue weighted by Gasteiger charge is 2.25. The minimum Gasteiger partial charge on any atom is -0.399 e. The summed E-state index contributed by atoms with van der Waals surface area (Å²) in [6.45, 7) is 3.85. The van der Waals surface area contributed by atoms with Gasteiger partial charge in [0.15, 0.2) is 5.76 Å². The van der Waals surface area contributed by atoms with Crippen molar-refractivity contribution in [3.05, 3.63) is 40.6 Å². The van der Waals surface area contributed by atoms with Crippen molar-refractivity contribution in [3.8, 4) is 11.5 Å². The topological polar surface area (TPSA) is 134 Å². The molecule has 2 aromatic heterocycles. The SMILES string of the molecule is CC(=N)N(C(C)=O)N(C(C)=O)c1ccnc(-c2ccc([N+](=O)[O-])o2)c1. The van der Waals surface area contributed by atoms with Gasteiger partial charge in [0.1, 0.15) is 16.5 Å². The number of rotatable bonds is 3. The Labute approximate surface area is 142 Å². The van der Waals surface area contributed by atoms with Crippen LogP contribution in [0.3, 0.4) is 0 Å². The summed E-state index contributed by atoms with van der Waals surface area (Å²) >= 11 is 0. The standard InChI is InChI=1S/C15H15N5O5/c1-9(16)18(10(2)21)19(11(3)22)12-6-7-17-13(8-12)14-4-5-15(25-14)20(23)24/h4-8,16H,1-3H3. The van der Waals surface area contributed by atoms with Crippen LogP contribution < -0.4 is 5.01 Å². The number of carbonyl (C=O) groups excluding carboxylic acids is 2. The van der Waals surface area contributed by atoms with E-state index in [2.05, 4.69) is 4.98 Å². The van der Waals surface area contributed by atoms with E-state index in [1.165, 1.54) is 51.2 Å². The van der Waals surface area contributed by atoms with Crippen molar-refractivity contribution < 1.29 is 18.9 Å². The Hall–Kier alpha value is -3.56. The van der Waals surface area contributed by atoms with E-state index in [1.807, 2.05) is 0 Å². The second-order valence-electron chi connectivity index (χ2n) is 5.04. The summed E-state index contributed by atoms with van der Waals surface area (Å²) in [6.07, 6.45) is 1.37. The molecular formula is C15H15N5O5. The van der Waals surface area contributed by atoms with Crippen molar-refractivity contribution in [2.45, 2.75) is 20.8 Å². The van der Waals surface area contributed by atoms with Gasteiger partial charge in [-0.15, -0.1) is 0 Å². The van der Waals surface area contributed by atoms with Crippen LogP contribution in [0.2, 0.25) is 0 Å². The number of anilines is 1.